The summed E-state index contributed by atoms with van der Waals surface area (Å²) in [7, 11) is 0. The van der Waals surface area contributed by atoms with Crippen molar-refractivity contribution in [2.45, 2.75) is 0 Å². The standard InChI is InChI=1S/C12H7BrN2S/c13-11-7-8(5-6-14-11)12-15-9-3-1-2-4-10(9)16-12/h1-7H. The molecule has 4 heteroatoms. The number of aromatic nitrogens is 2. The maximum Gasteiger partial charge on any atom is 0.124 e. The molecule has 2 aromatic heterocycles. The molecule has 3 aromatic rings. The van der Waals surface area contributed by atoms with E-state index in [1.165, 1.54) is 4.70 Å². The molecule has 0 bridgehead atoms. The van der Waals surface area contributed by atoms with Crippen LogP contribution in [-0.4, -0.2) is 9.97 Å². The van der Waals surface area contributed by atoms with Crippen LogP contribution in [0.3, 0.4) is 0 Å². The predicted octanol–water partition coefficient (Wildman–Crippen LogP) is 4.12. The Hall–Kier alpha value is -1.26. The average molecular weight is 291 g/mol. The summed E-state index contributed by atoms with van der Waals surface area (Å²) in [5, 5.41) is 1.03. The number of nitrogens with zero attached hydrogens (tertiary/aromatic N) is 2. The molecule has 0 unspecified atom stereocenters. The molecule has 0 N–H and O–H groups in total. The molecule has 2 nitrogen and oxygen atoms in total. The van der Waals surface area contributed by atoms with Crippen LogP contribution < -0.4 is 0 Å². The molecule has 0 aliphatic rings. The van der Waals surface area contributed by atoms with Gasteiger partial charge in [0, 0.05) is 11.8 Å². The lowest BCUT2D eigenvalue weighted by molar-refractivity contribution is 1.27. The van der Waals surface area contributed by atoms with Gasteiger partial charge in [-0.05, 0) is 40.2 Å². The Bertz CT molecular complexity index is 615. The summed E-state index contributed by atoms with van der Waals surface area (Å²) in [5.41, 5.74) is 2.15. The van der Waals surface area contributed by atoms with Gasteiger partial charge in [0.15, 0.2) is 0 Å². The highest BCUT2D eigenvalue weighted by molar-refractivity contribution is 9.10. The van der Waals surface area contributed by atoms with Crippen LogP contribution in [0, 0.1) is 0 Å². The number of rotatable bonds is 1. The van der Waals surface area contributed by atoms with Crippen LogP contribution in [-0.2, 0) is 0 Å². The summed E-state index contributed by atoms with van der Waals surface area (Å²) >= 11 is 5.07. The summed E-state index contributed by atoms with van der Waals surface area (Å²) in [5.74, 6) is 0. The van der Waals surface area contributed by atoms with Crippen molar-refractivity contribution in [1.29, 1.82) is 0 Å². The van der Waals surface area contributed by atoms with Crippen molar-refractivity contribution < 1.29 is 0 Å². The largest absolute Gasteiger partial charge is 0.249 e. The van der Waals surface area contributed by atoms with Gasteiger partial charge in [0.1, 0.15) is 9.61 Å². The van der Waals surface area contributed by atoms with Crippen LogP contribution >= 0.6 is 27.3 Å². The van der Waals surface area contributed by atoms with E-state index in [-0.39, 0.29) is 0 Å². The zero-order valence-corrected chi connectivity index (χ0v) is 10.6. The number of fused-ring (bicyclic) bond motifs is 1. The molecule has 0 atom stereocenters. The summed E-state index contributed by atoms with van der Waals surface area (Å²) in [6, 6.07) is 12.1. The number of para-hydroxylation sites is 1. The van der Waals surface area contributed by atoms with Gasteiger partial charge < -0.3 is 0 Å². The fraction of sp³-hybridized carbons (Fsp3) is 0. The Kier molecular flexibility index (Phi) is 2.46. The molecule has 2 heterocycles. The van der Waals surface area contributed by atoms with Gasteiger partial charge in [0.2, 0.25) is 0 Å². The SMILES string of the molecule is Brc1cc(-c2nc3ccccc3s2)ccn1. The molecule has 78 valence electrons. The smallest absolute Gasteiger partial charge is 0.124 e. The van der Waals surface area contributed by atoms with E-state index in [1.807, 2.05) is 30.3 Å². The molecule has 3 rings (SSSR count). The van der Waals surface area contributed by atoms with Crippen LogP contribution in [0.5, 0.6) is 0 Å². The fourth-order valence-electron chi connectivity index (χ4n) is 1.53. The lowest BCUT2D eigenvalue weighted by atomic mass is 10.3. The maximum absolute atomic E-state index is 4.59. The van der Waals surface area contributed by atoms with Crippen molar-refractivity contribution in [3.63, 3.8) is 0 Å². The van der Waals surface area contributed by atoms with Crippen LogP contribution in [0.1, 0.15) is 0 Å². The summed E-state index contributed by atoms with van der Waals surface area (Å²) < 4.78 is 2.05. The second kappa shape index (κ2) is 3.96. The minimum Gasteiger partial charge on any atom is -0.249 e. The average Bonchev–Trinajstić information content (AvgIpc) is 2.72. The van der Waals surface area contributed by atoms with E-state index >= 15 is 0 Å². The van der Waals surface area contributed by atoms with Crippen molar-refractivity contribution in [3.05, 3.63) is 47.2 Å². The molecule has 0 saturated carbocycles. The molecule has 0 amide bonds. The minimum atomic E-state index is 0.837. The predicted molar refractivity (Wildman–Crippen MR) is 70.6 cm³/mol. The van der Waals surface area contributed by atoms with Gasteiger partial charge >= 0.3 is 0 Å². The van der Waals surface area contributed by atoms with Crippen LogP contribution in [0.2, 0.25) is 0 Å². The van der Waals surface area contributed by atoms with Gasteiger partial charge in [-0.1, -0.05) is 12.1 Å². The first-order valence-corrected chi connectivity index (χ1v) is 6.41. The topological polar surface area (TPSA) is 25.8 Å². The Morgan fingerprint density at radius 3 is 2.81 bits per heavy atom. The number of thiazole rings is 1. The highest BCUT2D eigenvalue weighted by atomic mass is 79.9. The van der Waals surface area contributed by atoms with Gasteiger partial charge in [0.05, 0.1) is 10.2 Å². The Balaban J connectivity index is 2.19. The highest BCUT2D eigenvalue weighted by Crippen LogP contribution is 2.30. The van der Waals surface area contributed by atoms with Gasteiger partial charge in [-0.2, -0.15) is 0 Å². The molecule has 0 aliphatic heterocycles. The van der Waals surface area contributed by atoms with E-state index in [1.54, 1.807) is 17.5 Å². The molecule has 0 saturated heterocycles. The van der Waals surface area contributed by atoms with Crippen molar-refractivity contribution in [2.75, 3.05) is 0 Å². The first-order chi connectivity index (χ1) is 7.83. The number of hydrogen-bond acceptors (Lipinski definition) is 3. The molecule has 0 radical (unpaired) electrons. The van der Waals surface area contributed by atoms with E-state index in [0.717, 1.165) is 20.7 Å². The summed E-state index contributed by atoms with van der Waals surface area (Å²) in [6.07, 6.45) is 1.78. The third-order valence-electron chi connectivity index (χ3n) is 2.27. The first kappa shape index (κ1) is 9.93. The van der Waals surface area contributed by atoms with Gasteiger partial charge in [-0.3, -0.25) is 0 Å². The number of halogens is 1. The quantitative estimate of drug-likeness (QED) is 0.630. The number of hydrogen-bond donors (Lipinski definition) is 0. The third kappa shape index (κ3) is 1.74. The molecule has 1 aromatic carbocycles. The molecular formula is C12H7BrN2S. The van der Waals surface area contributed by atoms with Gasteiger partial charge in [0.25, 0.3) is 0 Å². The molecule has 0 aliphatic carbocycles. The van der Waals surface area contributed by atoms with Crippen LogP contribution in [0.25, 0.3) is 20.8 Å². The lowest BCUT2D eigenvalue weighted by Gasteiger charge is -1.94. The van der Waals surface area contributed by atoms with Crippen molar-refractivity contribution in [1.82, 2.24) is 9.97 Å². The van der Waals surface area contributed by atoms with E-state index < -0.39 is 0 Å². The van der Waals surface area contributed by atoms with Gasteiger partial charge in [-0.25, -0.2) is 9.97 Å². The Labute approximate surface area is 105 Å². The Morgan fingerprint density at radius 1 is 1.12 bits per heavy atom. The highest BCUT2D eigenvalue weighted by Gasteiger charge is 2.05. The van der Waals surface area contributed by atoms with Crippen molar-refractivity contribution in [2.24, 2.45) is 0 Å². The summed E-state index contributed by atoms with van der Waals surface area (Å²) in [6.45, 7) is 0. The van der Waals surface area contributed by atoms with E-state index in [4.69, 9.17) is 0 Å². The van der Waals surface area contributed by atoms with Gasteiger partial charge in [-0.15, -0.1) is 11.3 Å². The van der Waals surface area contributed by atoms with E-state index in [0.29, 0.717) is 0 Å². The minimum absolute atomic E-state index is 0.837. The fourth-order valence-corrected chi connectivity index (χ4v) is 2.86. The van der Waals surface area contributed by atoms with E-state index in [9.17, 15) is 0 Å². The Morgan fingerprint density at radius 2 is 2.00 bits per heavy atom. The van der Waals surface area contributed by atoms with Crippen molar-refractivity contribution in [3.8, 4) is 10.6 Å². The van der Waals surface area contributed by atoms with Crippen LogP contribution in [0.15, 0.2) is 47.2 Å². The second-order valence-corrected chi connectivity index (χ2v) is 5.20. The molecule has 0 spiro atoms. The maximum atomic E-state index is 4.59. The molecule has 16 heavy (non-hydrogen) atoms. The third-order valence-corrected chi connectivity index (χ3v) is 3.79. The van der Waals surface area contributed by atoms with E-state index in [2.05, 4.69) is 32.0 Å². The normalized spacial score (nSPS) is 10.8. The lowest BCUT2D eigenvalue weighted by Crippen LogP contribution is -1.78. The molecular weight excluding hydrogens is 284 g/mol. The number of benzene rings is 1. The van der Waals surface area contributed by atoms with Crippen molar-refractivity contribution >= 4 is 37.5 Å². The second-order valence-electron chi connectivity index (χ2n) is 3.35. The summed E-state index contributed by atoms with van der Waals surface area (Å²) in [4.78, 5) is 8.71. The monoisotopic (exact) mass is 290 g/mol. The van der Waals surface area contributed by atoms with Crippen LogP contribution in [0.4, 0.5) is 0 Å². The zero-order chi connectivity index (χ0) is 11.0. The zero-order valence-electron chi connectivity index (χ0n) is 8.22. The molecule has 0 fully saturated rings. The first-order valence-electron chi connectivity index (χ1n) is 4.80. The number of pyridine rings is 1.